The van der Waals surface area contributed by atoms with Crippen LogP contribution in [-0.4, -0.2) is 25.5 Å². The van der Waals surface area contributed by atoms with Crippen LogP contribution in [0.25, 0.3) is 16.9 Å². The first-order valence-electron chi connectivity index (χ1n) is 8.78. The molecule has 2 aromatic carbocycles. The fraction of sp³-hybridized carbons (Fsp3) is 0.0952. The number of halogens is 1. The maximum Gasteiger partial charge on any atom is 0.273 e. The van der Waals surface area contributed by atoms with Crippen molar-refractivity contribution < 1.29 is 4.79 Å². The first-order valence-corrected chi connectivity index (χ1v) is 9.16. The quantitative estimate of drug-likeness (QED) is 0.562. The van der Waals surface area contributed by atoms with Gasteiger partial charge in [-0.05, 0) is 12.1 Å². The molecule has 7 heteroatoms. The highest BCUT2D eigenvalue weighted by Crippen LogP contribution is 2.24. The van der Waals surface area contributed by atoms with E-state index < -0.39 is 0 Å². The van der Waals surface area contributed by atoms with Gasteiger partial charge in [0.1, 0.15) is 0 Å². The SMILES string of the molecule is Cn1cc(Cl)c(C(=O)NCc2cn(-c3ccccc3)nc2-c2ccccc2)n1. The summed E-state index contributed by atoms with van der Waals surface area (Å²) in [6, 6.07) is 19.7. The van der Waals surface area contributed by atoms with Crippen LogP contribution in [-0.2, 0) is 13.6 Å². The molecule has 0 aliphatic carbocycles. The zero-order valence-corrected chi connectivity index (χ0v) is 16.0. The molecule has 1 amide bonds. The summed E-state index contributed by atoms with van der Waals surface area (Å²) < 4.78 is 3.33. The van der Waals surface area contributed by atoms with Crippen LogP contribution in [0.5, 0.6) is 0 Å². The minimum absolute atomic E-state index is 0.209. The number of amides is 1. The lowest BCUT2D eigenvalue weighted by Crippen LogP contribution is -2.23. The van der Waals surface area contributed by atoms with Crippen LogP contribution < -0.4 is 5.32 Å². The number of carbonyl (C=O) groups excluding carboxylic acids is 1. The summed E-state index contributed by atoms with van der Waals surface area (Å²) in [6.07, 6.45) is 3.53. The van der Waals surface area contributed by atoms with Gasteiger partial charge in [0.05, 0.1) is 16.4 Å². The second-order valence-corrected chi connectivity index (χ2v) is 6.74. The van der Waals surface area contributed by atoms with E-state index in [-0.39, 0.29) is 11.6 Å². The molecule has 0 aliphatic rings. The van der Waals surface area contributed by atoms with Crippen LogP contribution in [0.15, 0.2) is 73.1 Å². The van der Waals surface area contributed by atoms with Gasteiger partial charge in [-0.2, -0.15) is 10.2 Å². The minimum Gasteiger partial charge on any atom is -0.346 e. The average molecular weight is 392 g/mol. The normalized spacial score (nSPS) is 10.8. The topological polar surface area (TPSA) is 64.7 Å². The fourth-order valence-electron chi connectivity index (χ4n) is 2.96. The summed E-state index contributed by atoms with van der Waals surface area (Å²) in [5.74, 6) is -0.322. The Morgan fingerprint density at radius 3 is 2.32 bits per heavy atom. The molecule has 4 aromatic rings. The van der Waals surface area contributed by atoms with Gasteiger partial charge in [0, 0.05) is 37.1 Å². The molecular formula is C21H18ClN5O. The van der Waals surface area contributed by atoms with Crippen LogP contribution in [0.3, 0.4) is 0 Å². The molecule has 1 N–H and O–H groups in total. The number of aromatic nitrogens is 4. The monoisotopic (exact) mass is 391 g/mol. The molecule has 0 saturated heterocycles. The van der Waals surface area contributed by atoms with Gasteiger partial charge in [-0.1, -0.05) is 60.1 Å². The molecule has 2 heterocycles. The molecule has 0 radical (unpaired) electrons. The van der Waals surface area contributed by atoms with Gasteiger partial charge in [-0.3, -0.25) is 9.48 Å². The van der Waals surface area contributed by atoms with Crippen molar-refractivity contribution >= 4 is 17.5 Å². The second kappa shape index (κ2) is 7.70. The first-order chi connectivity index (χ1) is 13.6. The molecule has 0 saturated carbocycles. The standard InChI is InChI=1S/C21H18ClN5O/c1-26-14-18(22)20(24-26)21(28)23-12-16-13-27(17-10-6-3-7-11-17)25-19(16)15-8-4-2-5-9-15/h2-11,13-14H,12H2,1H3,(H,23,28). The van der Waals surface area contributed by atoms with E-state index in [1.807, 2.05) is 71.5 Å². The van der Waals surface area contributed by atoms with Gasteiger partial charge < -0.3 is 5.32 Å². The number of nitrogens with zero attached hydrogens (tertiary/aromatic N) is 4. The van der Waals surface area contributed by atoms with Crippen molar-refractivity contribution in [3.63, 3.8) is 0 Å². The zero-order chi connectivity index (χ0) is 19.5. The lowest BCUT2D eigenvalue weighted by Gasteiger charge is -2.04. The Morgan fingerprint density at radius 2 is 1.68 bits per heavy atom. The fourth-order valence-corrected chi connectivity index (χ4v) is 3.23. The lowest BCUT2D eigenvalue weighted by atomic mass is 10.1. The van der Waals surface area contributed by atoms with E-state index in [1.54, 1.807) is 13.2 Å². The number of nitrogens with one attached hydrogen (secondary N) is 1. The van der Waals surface area contributed by atoms with Crippen molar-refractivity contribution in [3.05, 3.63) is 89.3 Å². The molecule has 140 valence electrons. The summed E-state index contributed by atoms with van der Waals surface area (Å²) in [6.45, 7) is 0.308. The molecule has 0 aliphatic heterocycles. The predicted molar refractivity (Wildman–Crippen MR) is 108 cm³/mol. The van der Waals surface area contributed by atoms with E-state index in [9.17, 15) is 4.79 Å². The smallest absolute Gasteiger partial charge is 0.273 e. The molecule has 0 fully saturated rings. The Hall–Kier alpha value is -3.38. The van der Waals surface area contributed by atoms with Gasteiger partial charge in [-0.25, -0.2) is 4.68 Å². The Morgan fingerprint density at radius 1 is 1.00 bits per heavy atom. The maximum atomic E-state index is 12.5. The highest BCUT2D eigenvalue weighted by Gasteiger charge is 2.17. The molecule has 6 nitrogen and oxygen atoms in total. The Balaban J connectivity index is 1.64. The molecule has 0 spiro atoms. The molecule has 2 aromatic heterocycles. The third kappa shape index (κ3) is 3.68. The molecule has 0 bridgehead atoms. The van der Waals surface area contributed by atoms with Crippen molar-refractivity contribution in [1.29, 1.82) is 0 Å². The zero-order valence-electron chi connectivity index (χ0n) is 15.2. The highest BCUT2D eigenvalue weighted by atomic mass is 35.5. The van der Waals surface area contributed by atoms with Crippen molar-refractivity contribution in [3.8, 4) is 16.9 Å². The minimum atomic E-state index is -0.322. The van der Waals surface area contributed by atoms with E-state index >= 15 is 0 Å². The van der Waals surface area contributed by atoms with Crippen LogP contribution >= 0.6 is 11.6 Å². The first kappa shape index (κ1) is 18.0. The summed E-state index contributed by atoms with van der Waals surface area (Å²) in [7, 11) is 1.72. The van der Waals surface area contributed by atoms with E-state index in [2.05, 4.69) is 10.4 Å². The molecule has 28 heavy (non-hydrogen) atoms. The number of rotatable bonds is 5. The van der Waals surface area contributed by atoms with Crippen LogP contribution in [0, 0.1) is 0 Å². The number of aryl methyl sites for hydroxylation is 1. The molecule has 0 unspecified atom stereocenters. The van der Waals surface area contributed by atoms with Crippen molar-refractivity contribution in [2.75, 3.05) is 0 Å². The van der Waals surface area contributed by atoms with Gasteiger partial charge in [0.25, 0.3) is 5.91 Å². The van der Waals surface area contributed by atoms with Gasteiger partial charge in [0.15, 0.2) is 5.69 Å². The number of hydrogen-bond donors (Lipinski definition) is 1. The third-order valence-electron chi connectivity index (χ3n) is 4.30. The van der Waals surface area contributed by atoms with Crippen molar-refractivity contribution in [1.82, 2.24) is 24.9 Å². The molecule has 4 rings (SSSR count). The lowest BCUT2D eigenvalue weighted by molar-refractivity contribution is 0.0945. The van der Waals surface area contributed by atoms with Crippen molar-refractivity contribution in [2.45, 2.75) is 6.54 Å². The summed E-state index contributed by atoms with van der Waals surface area (Å²) in [5.41, 5.74) is 3.86. The van der Waals surface area contributed by atoms with Gasteiger partial charge >= 0.3 is 0 Å². The van der Waals surface area contributed by atoms with E-state index in [0.29, 0.717) is 11.6 Å². The van der Waals surface area contributed by atoms with Crippen LogP contribution in [0.1, 0.15) is 16.1 Å². The van der Waals surface area contributed by atoms with E-state index in [0.717, 1.165) is 22.5 Å². The van der Waals surface area contributed by atoms with E-state index in [4.69, 9.17) is 16.7 Å². The average Bonchev–Trinajstić information content (AvgIpc) is 3.30. The third-order valence-corrected chi connectivity index (χ3v) is 4.57. The summed E-state index contributed by atoms with van der Waals surface area (Å²) in [4.78, 5) is 12.5. The number of carbonyl (C=O) groups is 1. The molecule has 0 atom stereocenters. The summed E-state index contributed by atoms with van der Waals surface area (Å²) >= 11 is 6.07. The predicted octanol–water partition coefficient (Wildman–Crippen LogP) is 3.86. The Bertz CT molecular complexity index is 1100. The number of hydrogen-bond acceptors (Lipinski definition) is 3. The van der Waals surface area contributed by atoms with Crippen molar-refractivity contribution in [2.24, 2.45) is 7.05 Å². The second-order valence-electron chi connectivity index (χ2n) is 6.33. The number of benzene rings is 2. The van der Waals surface area contributed by atoms with Crippen LogP contribution in [0.4, 0.5) is 0 Å². The number of para-hydroxylation sites is 1. The largest absolute Gasteiger partial charge is 0.346 e. The highest BCUT2D eigenvalue weighted by molar-refractivity contribution is 6.33. The maximum absolute atomic E-state index is 12.5. The van der Waals surface area contributed by atoms with E-state index in [1.165, 1.54) is 4.68 Å². The van der Waals surface area contributed by atoms with Gasteiger partial charge in [-0.15, -0.1) is 0 Å². The van der Waals surface area contributed by atoms with Crippen LogP contribution in [0.2, 0.25) is 5.02 Å². The summed E-state index contributed by atoms with van der Waals surface area (Å²) in [5, 5.41) is 12.1. The molecular weight excluding hydrogens is 374 g/mol. The Labute approximate surface area is 167 Å². The van der Waals surface area contributed by atoms with Gasteiger partial charge in [0.2, 0.25) is 0 Å². The Kier molecular flexibility index (Phi) is 4.95.